The lowest BCUT2D eigenvalue weighted by Crippen LogP contribution is -2.39. The van der Waals surface area contributed by atoms with Gasteiger partial charge in [-0.15, -0.1) is 0 Å². The monoisotopic (exact) mass is 577 g/mol. The fourth-order valence-electron chi connectivity index (χ4n) is 4.19. The summed E-state index contributed by atoms with van der Waals surface area (Å²) in [6.45, 7) is 2.98. The molecule has 1 amide bonds. The summed E-state index contributed by atoms with van der Waals surface area (Å²) < 4.78 is 97.5. The van der Waals surface area contributed by atoms with E-state index in [-0.39, 0.29) is 17.7 Å². The molecule has 0 bridgehead atoms. The molecule has 0 aliphatic carbocycles. The number of fused-ring (bicyclic) bond motifs is 1. The van der Waals surface area contributed by atoms with Crippen molar-refractivity contribution in [1.29, 1.82) is 0 Å². The highest BCUT2D eigenvalue weighted by Gasteiger charge is 2.38. The molecular weight excluding hydrogens is 552 g/mol. The van der Waals surface area contributed by atoms with E-state index in [2.05, 4.69) is 9.88 Å². The summed E-state index contributed by atoms with van der Waals surface area (Å²) >= 11 is 1.03. The molecule has 1 aliphatic rings. The zero-order valence-corrected chi connectivity index (χ0v) is 21.8. The van der Waals surface area contributed by atoms with Crippen molar-refractivity contribution < 1.29 is 45.3 Å². The Morgan fingerprint density at radius 2 is 1.59 bits per heavy atom. The Morgan fingerprint density at radius 1 is 1.00 bits per heavy atom. The second kappa shape index (κ2) is 11.6. The standard InChI is InChI=1S/C25H25F6N3O4S/c1-36-18-4-5-19(37-2)21-20(18)32-23(39-21)34(7-3-6-33-8-10-38-11-9-33)22(35)15-12-16(24(26,27)28)14-17(13-15)25(29,30)31/h4-5,12-14H,3,6-11H2,1-2H3. The summed E-state index contributed by atoms with van der Waals surface area (Å²) in [5.74, 6) is -0.244. The fraction of sp³-hybridized carbons (Fsp3) is 0.440. The van der Waals surface area contributed by atoms with Gasteiger partial charge in [-0.1, -0.05) is 11.3 Å². The van der Waals surface area contributed by atoms with Crippen LogP contribution >= 0.6 is 11.3 Å². The number of rotatable bonds is 8. The molecule has 2 heterocycles. The first kappa shape index (κ1) is 28.9. The number of methoxy groups -OCH3 is 2. The first-order valence-electron chi connectivity index (χ1n) is 11.9. The third-order valence-corrected chi connectivity index (χ3v) is 7.26. The summed E-state index contributed by atoms with van der Waals surface area (Å²) in [4.78, 5) is 21.3. The minimum Gasteiger partial charge on any atom is -0.495 e. The third kappa shape index (κ3) is 6.56. The van der Waals surface area contributed by atoms with Crippen LogP contribution < -0.4 is 14.4 Å². The molecule has 39 heavy (non-hydrogen) atoms. The molecular formula is C25H25F6N3O4S. The Labute approximate surface area is 223 Å². The van der Waals surface area contributed by atoms with Crippen molar-refractivity contribution in [3.05, 3.63) is 47.0 Å². The molecule has 1 aromatic heterocycles. The van der Waals surface area contributed by atoms with E-state index in [1.165, 1.54) is 14.2 Å². The average Bonchev–Trinajstić information content (AvgIpc) is 3.35. The summed E-state index contributed by atoms with van der Waals surface area (Å²) in [5, 5.41) is 0.0887. The molecule has 0 saturated carbocycles. The molecule has 4 rings (SSSR count). The number of amides is 1. The SMILES string of the molecule is COc1ccc(OC)c2sc(N(CCCN3CCOCC3)C(=O)c3cc(C(F)(F)F)cc(C(F)(F)F)c3)nc12. The number of anilines is 1. The maximum absolute atomic E-state index is 13.6. The predicted octanol–water partition coefficient (Wildman–Crippen LogP) is 5.72. The van der Waals surface area contributed by atoms with Crippen molar-refractivity contribution in [2.75, 3.05) is 58.5 Å². The maximum Gasteiger partial charge on any atom is 0.416 e. The smallest absolute Gasteiger partial charge is 0.416 e. The molecule has 7 nitrogen and oxygen atoms in total. The normalized spacial score (nSPS) is 15.0. The molecule has 0 spiro atoms. The molecule has 0 unspecified atom stereocenters. The number of ether oxygens (including phenoxy) is 3. The summed E-state index contributed by atoms with van der Waals surface area (Å²) in [7, 11) is 2.86. The van der Waals surface area contributed by atoms with Crippen molar-refractivity contribution in [3.63, 3.8) is 0 Å². The highest BCUT2D eigenvalue weighted by Crippen LogP contribution is 2.41. The zero-order valence-electron chi connectivity index (χ0n) is 21.0. The number of hydrogen-bond donors (Lipinski definition) is 0. The molecule has 1 saturated heterocycles. The summed E-state index contributed by atoms with van der Waals surface area (Å²) in [6, 6.07) is 4.10. The lowest BCUT2D eigenvalue weighted by Gasteiger charge is -2.28. The van der Waals surface area contributed by atoms with Gasteiger partial charge in [0.05, 0.1) is 38.6 Å². The maximum atomic E-state index is 13.6. The highest BCUT2D eigenvalue weighted by molar-refractivity contribution is 7.22. The van der Waals surface area contributed by atoms with Crippen LogP contribution in [0.4, 0.5) is 31.5 Å². The van der Waals surface area contributed by atoms with E-state index in [9.17, 15) is 31.1 Å². The van der Waals surface area contributed by atoms with Gasteiger partial charge in [-0.05, 0) is 36.8 Å². The molecule has 0 atom stereocenters. The quantitative estimate of drug-likeness (QED) is 0.319. The van der Waals surface area contributed by atoms with Gasteiger partial charge in [-0.2, -0.15) is 26.3 Å². The highest BCUT2D eigenvalue weighted by atomic mass is 32.1. The number of carbonyl (C=O) groups excluding carboxylic acids is 1. The van der Waals surface area contributed by atoms with E-state index in [0.29, 0.717) is 73.1 Å². The van der Waals surface area contributed by atoms with Gasteiger partial charge in [0, 0.05) is 31.7 Å². The second-order valence-corrected chi connectivity index (χ2v) is 9.68. The van der Waals surface area contributed by atoms with Crippen molar-refractivity contribution in [2.45, 2.75) is 18.8 Å². The number of nitrogens with zero attached hydrogens (tertiary/aromatic N) is 3. The average molecular weight is 578 g/mol. The predicted molar refractivity (Wildman–Crippen MR) is 133 cm³/mol. The first-order chi connectivity index (χ1) is 18.4. The number of carbonyl (C=O) groups is 1. The van der Waals surface area contributed by atoms with Crippen LogP contribution in [0.1, 0.15) is 27.9 Å². The van der Waals surface area contributed by atoms with Crippen LogP contribution in [0.3, 0.4) is 0 Å². The van der Waals surface area contributed by atoms with Gasteiger partial charge >= 0.3 is 12.4 Å². The van der Waals surface area contributed by atoms with Crippen molar-refractivity contribution in [1.82, 2.24) is 9.88 Å². The van der Waals surface area contributed by atoms with Crippen LogP contribution in [0.2, 0.25) is 0 Å². The van der Waals surface area contributed by atoms with Gasteiger partial charge < -0.3 is 14.2 Å². The largest absolute Gasteiger partial charge is 0.495 e. The van der Waals surface area contributed by atoms with Crippen molar-refractivity contribution in [3.8, 4) is 11.5 Å². The van der Waals surface area contributed by atoms with Crippen molar-refractivity contribution in [2.24, 2.45) is 0 Å². The third-order valence-electron chi connectivity index (χ3n) is 6.17. The second-order valence-electron chi connectivity index (χ2n) is 8.70. The molecule has 14 heteroatoms. The van der Waals surface area contributed by atoms with Gasteiger partial charge in [0.25, 0.3) is 5.91 Å². The molecule has 1 fully saturated rings. The lowest BCUT2D eigenvalue weighted by atomic mass is 10.0. The molecule has 1 aliphatic heterocycles. The Morgan fingerprint density at radius 3 is 2.15 bits per heavy atom. The molecule has 2 aromatic carbocycles. The van der Waals surface area contributed by atoms with E-state index in [4.69, 9.17) is 14.2 Å². The van der Waals surface area contributed by atoms with E-state index < -0.39 is 35.0 Å². The van der Waals surface area contributed by atoms with Crippen LogP contribution in [-0.2, 0) is 17.1 Å². The molecule has 212 valence electrons. The Hall–Kier alpha value is -3.10. The number of morpholine rings is 1. The van der Waals surface area contributed by atoms with Crippen molar-refractivity contribution >= 4 is 32.6 Å². The summed E-state index contributed by atoms with van der Waals surface area (Å²) in [6.07, 6.45) is -9.79. The molecule has 3 aromatic rings. The number of aromatic nitrogens is 1. The Kier molecular flexibility index (Phi) is 8.57. The number of thiazole rings is 1. The van der Waals surface area contributed by atoms with E-state index >= 15 is 0 Å². The molecule has 0 N–H and O–H groups in total. The summed E-state index contributed by atoms with van der Waals surface area (Å²) in [5.41, 5.74) is -3.53. The minimum atomic E-state index is -5.09. The number of hydrogen-bond acceptors (Lipinski definition) is 7. The molecule has 0 radical (unpaired) electrons. The Bertz CT molecular complexity index is 1250. The van der Waals surface area contributed by atoms with Crippen LogP contribution in [0, 0.1) is 0 Å². The van der Waals surface area contributed by atoms with Crippen LogP contribution in [-0.4, -0.2) is 69.4 Å². The number of alkyl halides is 6. The number of halogens is 6. The van der Waals surface area contributed by atoms with Crippen LogP contribution in [0.5, 0.6) is 11.5 Å². The van der Waals surface area contributed by atoms with Gasteiger partial charge in [-0.25, -0.2) is 4.98 Å². The van der Waals surface area contributed by atoms with Gasteiger partial charge in [-0.3, -0.25) is 14.6 Å². The van der Waals surface area contributed by atoms with E-state index in [1.54, 1.807) is 12.1 Å². The topological polar surface area (TPSA) is 64.1 Å². The zero-order chi connectivity index (χ0) is 28.4. The number of benzene rings is 2. The fourth-order valence-corrected chi connectivity index (χ4v) is 5.28. The Balaban J connectivity index is 1.76. The lowest BCUT2D eigenvalue weighted by molar-refractivity contribution is -0.143. The van der Waals surface area contributed by atoms with Gasteiger partial charge in [0.2, 0.25) is 0 Å². The van der Waals surface area contributed by atoms with E-state index in [0.717, 1.165) is 16.2 Å². The van der Waals surface area contributed by atoms with Gasteiger partial charge in [0.1, 0.15) is 21.7 Å². The van der Waals surface area contributed by atoms with Gasteiger partial charge in [0.15, 0.2) is 5.13 Å². The van der Waals surface area contributed by atoms with Crippen LogP contribution in [0.25, 0.3) is 10.2 Å². The van der Waals surface area contributed by atoms with Crippen LogP contribution in [0.15, 0.2) is 30.3 Å². The van der Waals surface area contributed by atoms with E-state index in [1.807, 2.05) is 0 Å². The first-order valence-corrected chi connectivity index (χ1v) is 12.7. The minimum absolute atomic E-state index is 0.00175.